The Labute approximate surface area is 164 Å². The van der Waals surface area contributed by atoms with Crippen molar-refractivity contribution in [2.75, 3.05) is 10.0 Å². The fraction of sp³-hybridized carbons (Fsp3) is 0.0952. The van der Waals surface area contributed by atoms with Crippen LogP contribution in [-0.4, -0.2) is 14.3 Å². The number of hydrogen-bond donors (Lipinski definition) is 2. The highest BCUT2D eigenvalue weighted by molar-refractivity contribution is 7.92. The summed E-state index contributed by atoms with van der Waals surface area (Å²) in [6, 6.07) is 20.4. The van der Waals surface area contributed by atoms with Gasteiger partial charge in [0.2, 0.25) is 5.91 Å². The van der Waals surface area contributed by atoms with Crippen LogP contribution in [0.4, 0.5) is 11.4 Å². The number of anilines is 2. The number of rotatable bonds is 6. The fourth-order valence-corrected chi connectivity index (χ4v) is 3.75. The summed E-state index contributed by atoms with van der Waals surface area (Å²) in [6.07, 6.45) is 0. The van der Waals surface area contributed by atoms with E-state index in [-0.39, 0.29) is 10.8 Å². The molecular formula is C21H20N2O4S. The molecule has 0 bridgehead atoms. The molecule has 6 nitrogen and oxygen atoms in total. The van der Waals surface area contributed by atoms with E-state index in [9.17, 15) is 13.2 Å². The van der Waals surface area contributed by atoms with Crippen molar-refractivity contribution in [1.82, 2.24) is 0 Å². The van der Waals surface area contributed by atoms with E-state index in [2.05, 4.69) is 10.0 Å². The third-order valence-electron chi connectivity index (χ3n) is 3.92. The number of benzene rings is 3. The number of carbonyl (C=O) groups is 1. The molecular weight excluding hydrogens is 376 g/mol. The van der Waals surface area contributed by atoms with Gasteiger partial charge in [-0.25, -0.2) is 8.42 Å². The lowest BCUT2D eigenvalue weighted by Crippen LogP contribution is -2.14. The number of amides is 1. The zero-order chi connectivity index (χ0) is 20.1. The van der Waals surface area contributed by atoms with Gasteiger partial charge in [0.15, 0.2) is 5.75 Å². The number of hydrogen-bond acceptors (Lipinski definition) is 4. The molecule has 3 aromatic rings. The van der Waals surface area contributed by atoms with Crippen LogP contribution >= 0.6 is 0 Å². The molecule has 0 radical (unpaired) electrons. The highest BCUT2D eigenvalue weighted by atomic mass is 32.2. The van der Waals surface area contributed by atoms with E-state index in [1.54, 1.807) is 49.4 Å². The Kier molecular flexibility index (Phi) is 5.65. The predicted octanol–water partition coefficient (Wildman–Crippen LogP) is 4.55. The molecule has 28 heavy (non-hydrogen) atoms. The first-order valence-corrected chi connectivity index (χ1v) is 10.1. The predicted molar refractivity (Wildman–Crippen MR) is 109 cm³/mol. The average molecular weight is 396 g/mol. The van der Waals surface area contributed by atoms with E-state index in [1.807, 2.05) is 18.2 Å². The lowest BCUT2D eigenvalue weighted by molar-refractivity contribution is -0.114. The summed E-state index contributed by atoms with van der Waals surface area (Å²) < 4.78 is 34.1. The zero-order valence-electron chi connectivity index (χ0n) is 15.5. The van der Waals surface area contributed by atoms with Crippen LogP contribution in [0, 0.1) is 6.92 Å². The Hall–Kier alpha value is -3.32. The number of carbonyl (C=O) groups excluding carboxylic acids is 1. The summed E-state index contributed by atoms with van der Waals surface area (Å²) in [5.74, 6) is 0.775. The monoisotopic (exact) mass is 396 g/mol. The molecule has 0 fully saturated rings. The van der Waals surface area contributed by atoms with Crippen molar-refractivity contribution in [3.8, 4) is 11.5 Å². The molecule has 0 atom stereocenters. The number of aryl methyl sites for hydroxylation is 1. The zero-order valence-corrected chi connectivity index (χ0v) is 16.3. The molecule has 0 saturated carbocycles. The average Bonchev–Trinajstić information content (AvgIpc) is 2.65. The van der Waals surface area contributed by atoms with Crippen molar-refractivity contribution < 1.29 is 17.9 Å². The summed E-state index contributed by atoms with van der Waals surface area (Å²) in [5, 5.41) is 2.66. The Morgan fingerprint density at radius 3 is 2.25 bits per heavy atom. The standard InChI is InChI=1S/C21H20N2O4S/c1-15-14-18(12-13-19(15)22-16(2)24)28(25,26)23-20-10-6-7-11-21(20)27-17-8-4-3-5-9-17/h3-14,23H,1-2H3,(H,22,24). The van der Waals surface area contributed by atoms with Crippen LogP contribution in [0.2, 0.25) is 0 Å². The second kappa shape index (κ2) is 8.14. The van der Waals surface area contributed by atoms with Crippen LogP contribution < -0.4 is 14.8 Å². The second-order valence-corrected chi connectivity index (χ2v) is 7.86. The number of para-hydroxylation sites is 3. The van der Waals surface area contributed by atoms with Crippen molar-refractivity contribution in [3.63, 3.8) is 0 Å². The molecule has 0 aliphatic heterocycles. The third-order valence-corrected chi connectivity index (χ3v) is 5.28. The van der Waals surface area contributed by atoms with Gasteiger partial charge < -0.3 is 10.1 Å². The van der Waals surface area contributed by atoms with Crippen LogP contribution in [-0.2, 0) is 14.8 Å². The topological polar surface area (TPSA) is 84.5 Å². The molecule has 144 valence electrons. The minimum atomic E-state index is -3.84. The lowest BCUT2D eigenvalue weighted by Gasteiger charge is -2.14. The summed E-state index contributed by atoms with van der Waals surface area (Å²) in [5.41, 5.74) is 1.54. The molecule has 0 aromatic heterocycles. The van der Waals surface area contributed by atoms with Gasteiger partial charge in [-0.1, -0.05) is 30.3 Å². The van der Waals surface area contributed by atoms with Crippen molar-refractivity contribution >= 4 is 27.3 Å². The van der Waals surface area contributed by atoms with Gasteiger partial charge in [0.1, 0.15) is 5.75 Å². The van der Waals surface area contributed by atoms with E-state index in [0.717, 1.165) is 0 Å². The summed E-state index contributed by atoms with van der Waals surface area (Å²) in [6.45, 7) is 3.13. The molecule has 3 rings (SSSR count). The molecule has 0 saturated heterocycles. The maximum absolute atomic E-state index is 12.8. The van der Waals surface area contributed by atoms with Crippen molar-refractivity contribution in [3.05, 3.63) is 78.4 Å². The van der Waals surface area contributed by atoms with E-state index in [4.69, 9.17) is 4.74 Å². The van der Waals surface area contributed by atoms with Gasteiger partial charge >= 0.3 is 0 Å². The molecule has 0 aliphatic carbocycles. The summed E-state index contributed by atoms with van der Waals surface area (Å²) in [4.78, 5) is 11.3. The first-order chi connectivity index (χ1) is 13.3. The highest BCUT2D eigenvalue weighted by Gasteiger charge is 2.18. The fourth-order valence-electron chi connectivity index (χ4n) is 2.59. The minimum absolute atomic E-state index is 0.0913. The minimum Gasteiger partial charge on any atom is -0.455 e. The Morgan fingerprint density at radius 2 is 1.57 bits per heavy atom. The van der Waals surface area contributed by atoms with Gasteiger partial charge in [-0.05, 0) is 55.0 Å². The van der Waals surface area contributed by atoms with E-state index in [1.165, 1.54) is 19.1 Å². The first kappa shape index (κ1) is 19.4. The van der Waals surface area contributed by atoms with Crippen molar-refractivity contribution in [2.24, 2.45) is 0 Å². The van der Waals surface area contributed by atoms with Gasteiger partial charge in [0.25, 0.3) is 10.0 Å². The van der Waals surface area contributed by atoms with Crippen molar-refractivity contribution in [1.29, 1.82) is 0 Å². The van der Waals surface area contributed by atoms with Crippen LogP contribution in [0.25, 0.3) is 0 Å². The molecule has 0 heterocycles. The first-order valence-electron chi connectivity index (χ1n) is 8.58. The smallest absolute Gasteiger partial charge is 0.262 e. The van der Waals surface area contributed by atoms with Gasteiger partial charge in [-0.3, -0.25) is 9.52 Å². The molecule has 7 heteroatoms. The van der Waals surface area contributed by atoms with Crippen LogP contribution in [0.1, 0.15) is 12.5 Å². The third kappa shape index (κ3) is 4.69. The van der Waals surface area contributed by atoms with E-state index >= 15 is 0 Å². The van der Waals surface area contributed by atoms with Crippen molar-refractivity contribution in [2.45, 2.75) is 18.7 Å². The summed E-state index contributed by atoms with van der Waals surface area (Å²) in [7, 11) is -3.84. The normalized spacial score (nSPS) is 10.9. The number of sulfonamides is 1. The molecule has 1 amide bonds. The van der Waals surface area contributed by atoms with E-state index in [0.29, 0.717) is 28.4 Å². The Bertz CT molecular complexity index is 1100. The maximum Gasteiger partial charge on any atom is 0.262 e. The molecule has 2 N–H and O–H groups in total. The highest BCUT2D eigenvalue weighted by Crippen LogP contribution is 2.31. The molecule has 0 spiro atoms. The molecule has 3 aromatic carbocycles. The number of ether oxygens (including phenoxy) is 1. The largest absolute Gasteiger partial charge is 0.455 e. The molecule has 0 aliphatic rings. The van der Waals surface area contributed by atoms with Gasteiger partial charge in [-0.15, -0.1) is 0 Å². The Morgan fingerprint density at radius 1 is 0.893 bits per heavy atom. The van der Waals surface area contributed by atoms with Gasteiger partial charge in [0, 0.05) is 12.6 Å². The Balaban J connectivity index is 1.87. The number of nitrogens with one attached hydrogen (secondary N) is 2. The van der Waals surface area contributed by atoms with Crippen LogP contribution in [0.15, 0.2) is 77.7 Å². The quantitative estimate of drug-likeness (QED) is 0.640. The second-order valence-electron chi connectivity index (χ2n) is 6.17. The SMILES string of the molecule is CC(=O)Nc1ccc(S(=O)(=O)Nc2ccccc2Oc2ccccc2)cc1C. The van der Waals surface area contributed by atoms with E-state index < -0.39 is 10.0 Å². The maximum atomic E-state index is 12.8. The van der Waals surface area contributed by atoms with Crippen LogP contribution in [0.5, 0.6) is 11.5 Å². The van der Waals surface area contributed by atoms with Gasteiger partial charge in [0.05, 0.1) is 10.6 Å². The van der Waals surface area contributed by atoms with Crippen LogP contribution in [0.3, 0.4) is 0 Å². The summed E-state index contributed by atoms with van der Waals surface area (Å²) >= 11 is 0. The lowest BCUT2D eigenvalue weighted by atomic mass is 10.2. The van der Waals surface area contributed by atoms with Gasteiger partial charge in [-0.2, -0.15) is 0 Å². The molecule has 0 unspecified atom stereocenters.